The molecule has 1 amide bonds. The Kier molecular flexibility index (Phi) is 5.78. The molecule has 1 unspecified atom stereocenters. The van der Waals surface area contributed by atoms with Crippen molar-refractivity contribution in [3.8, 4) is 0 Å². The highest BCUT2D eigenvalue weighted by atomic mass is 32.2. The van der Waals surface area contributed by atoms with Crippen molar-refractivity contribution >= 4 is 17.7 Å². The number of thioether (sulfide) groups is 1. The molecule has 2 heterocycles. The van der Waals surface area contributed by atoms with E-state index in [1.54, 1.807) is 11.8 Å². The van der Waals surface area contributed by atoms with Crippen LogP contribution in [0.4, 0.5) is 13.2 Å². The molecule has 1 aliphatic heterocycles. The van der Waals surface area contributed by atoms with E-state index < -0.39 is 28.8 Å². The lowest BCUT2D eigenvalue weighted by Gasteiger charge is -2.24. The van der Waals surface area contributed by atoms with Gasteiger partial charge in [0.2, 0.25) is 0 Å². The van der Waals surface area contributed by atoms with Crippen LogP contribution in [0, 0.1) is 0 Å². The number of rotatable bonds is 3. The van der Waals surface area contributed by atoms with Crippen LogP contribution < -0.4 is 5.56 Å². The molecule has 1 N–H and O–H groups in total. The Hall–Kier alpha value is -1.44. The number of carbonyl (C=O) groups excluding carboxylic acids is 1. The highest BCUT2D eigenvalue weighted by Crippen LogP contribution is 2.29. The molecule has 8 heteroatoms. The molecule has 23 heavy (non-hydrogen) atoms. The lowest BCUT2D eigenvalue weighted by molar-refractivity contribution is -0.137. The summed E-state index contributed by atoms with van der Waals surface area (Å²) in [5.41, 5.74) is -2.25. The van der Waals surface area contributed by atoms with E-state index in [9.17, 15) is 22.8 Å². The van der Waals surface area contributed by atoms with Crippen molar-refractivity contribution in [3.05, 3.63) is 33.7 Å². The average molecular weight is 348 g/mol. The van der Waals surface area contributed by atoms with Crippen LogP contribution in [0.5, 0.6) is 0 Å². The summed E-state index contributed by atoms with van der Waals surface area (Å²) in [6, 6.07) is 0.647. The van der Waals surface area contributed by atoms with Gasteiger partial charge in [-0.1, -0.05) is 13.3 Å². The molecule has 1 aliphatic rings. The molecule has 2 rings (SSSR count). The third-order valence-electron chi connectivity index (χ3n) is 3.78. The predicted molar refractivity (Wildman–Crippen MR) is 83.7 cm³/mol. The number of hydrogen-bond donors (Lipinski definition) is 1. The summed E-state index contributed by atoms with van der Waals surface area (Å²) < 4.78 is 38.3. The molecule has 1 aromatic rings. The fourth-order valence-electron chi connectivity index (χ4n) is 2.64. The number of aromatic amines is 1. The van der Waals surface area contributed by atoms with Crippen molar-refractivity contribution in [2.45, 2.75) is 37.6 Å². The molecule has 0 bridgehead atoms. The largest absolute Gasteiger partial charge is 0.417 e. The zero-order chi connectivity index (χ0) is 17.0. The molecule has 1 aromatic heterocycles. The molecule has 0 spiro atoms. The fourth-order valence-corrected chi connectivity index (χ4v) is 3.73. The lowest BCUT2D eigenvalue weighted by Crippen LogP contribution is -2.38. The van der Waals surface area contributed by atoms with Crippen molar-refractivity contribution in [3.63, 3.8) is 0 Å². The first-order valence-electron chi connectivity index (χ1n) is 7.53. The monoisotopic (exact) mass is 348 g/mol. The molecule has 0 aromatic carbocycles. The summed E-state index contributed by atoms with van der Waals surface area (Å²) in [4.78, 5) is 27.9. The average Bonchev–Trinajstić information content (AvgIpc) is 2.72. The van der Waals surface area contributed by atoms with Gasteiger partial charge in [-0.25, -0.2) is 0 Å². The van der Waals surface area contributed by atoms with Gasteiger partial charge in [0.25, 0.3) is 11.5 Å². The van der Waals surface area contributed by atoms with Gasteiger partial charge < -0.3 is 9.88 Å². The van der Waals surface area contributed by atoms with E-state index in [1.165, 1.54) is 4.90 Å². The lowest BCUT2D eigenvalue weighted by atomic mass is 10.1. The maximum Gasteiger partial charge on any atom is 0.417 e. The Balaban J connectivity index is 2.26. The van der Waals surface area contributed by atoms with Crippen molar-refractivity contribution < 1.29 is 18.0 Å². The van der Waals surface area contributed by atoms with E-state index in [2.05, 4.69) is 0 Å². The maximum atomic E-state index is 12.8. The van der Waals surface area contributed by atoms with E-state index in [0.29, 0.717) is 25.4 Å². The molecule has 4 nitrogen and oxygen atoms in total. The molecular formula is C15H19F3N2O2S. The van der Waals surface area contributed by atoms with Gasteiger partial charge in [0.05, 0.1) is 5.56 Å². The second-order valence-electron chi connectivity index (χ2n) is 5.45. The smallest absolute Gasteiger partial charge is 0.337 e. The number of halogens is 3. The third-order valence-corrected chi connectivity index (χ3v) is 4.97. The first-order valence-corrected chi connectivity index (χ1v) is 8.58. The number of nitrogens with one attached hydrogen (secondary N) is 1. The Bertz CT molecular complexity index is 615. The number of hydrogen-bond acceptors (Lipinski definition) is 3. The Morgan fingerprint density at radius 1 is 1.43 bits per heavy atom. The van der Waals surface area contributed by atoms with Crippen LogP contribution in [0.25, 0.3) is 0 Å². The first-order chi connectivity index (χ1) is 10.8. The van der Waals surface area contributed by atoms with Crippen molar-refractivity contribution in [2.24, 2.45) is 0 Å². The molecule has 1 atom stereocenters. The highest BCUT2D eigenvalue weighted by Gasteiger charge is 2.33. The number of aromatic nitrogens is 1. The number of likely N-dealkylation sites (tertiary alicyclic amines) is 1. The highest BCUT2D eigenvalue weighted by molar-refractivity contribution is 7.99. The minimum atomic E-state index is -4.60. The van der Waals surface area contributed by atoms with Crippen LogP contribution >= 0.6 is 11.8 Å². The van der Waals surface area contributed by atoms with Gasteiger partial charge in [-0.15, -0.1) is 0 Å². The van der Waals surface area contributed by atoms with Crippen LogP contribution in [0.15, 0.2) is 17.1 Å². The van der Waals surface area contributed by atoms with E-state index >= 15 is 0 Å². The van der Waals surface area contributed by atoms with Gasteiger partial charge in [-0.05, 0) is 24.7 Å². The van der Waals surface area contributed by atoms with Gasteiger partial charge in [-0.2, -0.15) is 24.9 Å². The van der Waals surface area contributed by atoms with Crippen molar-refractivity contribution in [1.29, 1.82) is 0 Å². The summed E-state index contributed by atoms with van der Waals surface area (Å²) in [7, 11) is 0. The van der Waals surface area contributed by atoms with Crippen LogP contribution in [0.1, 0.15) is 42.1 Å². The normalized spacial score (nSPS) is 19.5. The molecule has 128 valence electrons. The topological polar surface area (TPSA) is 53.2 Å². The number of amides is 1. The number of carbonyl (C=O) groups is 1. The second-order valence-corrected chi connectivity index (χ2v) is 7.03. The van der Waals surface area contributed by atoms with Crippen molar-refractivity contribution in [1.82, 2.24) is 9.88 Å². The molecular weight excluding hydrogens is 329 g/mol. The third kappa shape index (κ3) is 4.53. The summed E-state index contributed by atoms with van der Waals surface area (Å²) >= 11 is 1.73. The standard InChI is InChI=1S/C15H19F3N2O2S/c1-2-23-11-5-3-4-6-20(9-11)14(22)12-7-10(15(16,17)18)8-19-13(12)21/h7-8,11H,2-6,9H2,1H3,(H,19,21). The van der Waals surface area contributed by atoms with Crippen LogP contribution in [-0.4, -0.2) is 39.9 Å². The predicted octanol–water partition coefficient (Wildman–Crippen LogP) is 3.14. The van der Waals surface area contributed by atoms with Gasteiger partial charge in [0.15, 0.2) is 0 Å². The molecule has 0 aliphatic carbocycles. The van der Waals surface area contributed by atoms with E-state index in [0.717, 1.165) is 25.0 Å². The molecule has 0 radical (unpaired) electrons. The minimum absolute atomic E-state index is 0.260. The zero-order valence-corrected chi connectivity index (χ0v) is 13.6. The van der Waals surface area contributed by atoms with Crippen LogP contribution in [0.2, 0.25) is 0 Å². The number of H-pyrrole nitrogens is 1. The number of pyridine rings is 1. The Morgan fingerprint density at radius 3 is 2.83 bits per heavy atom. The Morgan fingerprint density at radius 2 is 2.17 bits per heavy atom. The molecule has 0 saturated carbocycles. The number of nitrogens with zero attached hydrogens (tertiary/aromatic N) is 1. The quantitative estimate of drug-likeness (QED) is 0.913. The summed E-state index contributed by atoms with van der Waals surface area (Å²) in [6.07, 6.45) is -1.26. The van der Waals surface area contributed by atoms with Gasteiger partial charge in [0.1, 0.15) is 5.56 Å². The summed E-state index contributed by atoms with van der Waals surface area (Å²) in [6.45, 7) is 2.96. The Labute approximate surface area is 136 Å². The van der Waals surface area contributed by atoms with Gasteiger partial charge in [-0.3, -0.25) is 9.59 Å². The van der Waals surface area contributed by atoms with Crippen LogP contribution in [0.3, 0.4) is 0 Å². The molecule has 1 saturated heterocycles. The van der Waals surface area contributed by atoms with Gasteiger partial charge >= 0.3 is 6.18 Å². The van der Waals surface area contributed by atoms with Crippen molar-refractivity contribution in [2.75, 3.05) is 18.8 Å². The van der Waals surface area contributed by atoms with Crippen LogP contribution in [-0.2, 0) is 6.18 Å². The first kappa shape index (κ1) is 17.9. The fraction of sp³-hybridized carbons (Fsp3) is 0.600. The molecule has 1 fully saturated rings. The van der Waals surface area contributed by atoms with E-state index in [4.69, 9.17) is 0 Å². The minimum Gasteiger partial charge on any atom is -0.337 e. The summed E-state index contributed by atoms with van der Waals surface area (Å²) in [5, 5.41) is 0.260. The van der Waals surface area contributed by atoms with Gasteiger partial charge in [0, 0.05) is 24.5 Å². The summed E-state index contributed by atoms with van der Waals surface area (Å²) in [5.74, 6) is 0.289. The number of alkyl halides is 3. The van der Waals surface area contributed by atoms with E-state index in [-0.39, 0.29) is 5.25 Å². The van der Waals surface area contributed by atoms with E-state index in [1.807, 2.05) is 11.9 Å². The SMILES string of the molecule is CCSC1CCCCN(C(=O)c2cc(C(F)(F)F)c[nH]c2=O)C1. The maximum absolute atomic E-state index is 12.8. The zero-order valence-electron chi connectivity index (χ0n) is 12.8. The second kappa shape index (κ2) is 7.42.